The number of hydrogen-bond acceptors (Lipinski definition) is 4. The first-order chi connectivity index (χ1) is 11.6. The second kappa shape index (κ2) is 6.95. The van der Waals surface area contributed by atoms with Gasteiger partial charge in [-0.05, 0) is 23.3 Å². The van der Waals surface area contributed by atoms with Crippen molar-refractivity contribution in [3.05, 3.63) is 65.7 Å². The van der Waals surface area contributed by atoms with Crippen molar-refractivity contribution in [1.29, 1.82) is 0 Å². The molecule has 0 radical (unpaired) electrons. The van der Waals surface area contributed by atoms with Gasteiger partial charge in [0.1, 0.15) is 11.7 Å². The van der Waals surface area contributed by atoms with Crippen LogP contribution < -0.4 is 10.7 Å². The number of carbonyl (C=O) groups is 2. The topological polar surface area (TPSA) is 90.8 Å². The van der Waals surface area contributed by atoms with Gasteiger partial charge in [0.2, 0.25) is 5.91 Å². The van der Waals surface area contributed by atoms with Gasteiger partial charge < -0.3 is 10.4 Å². The van der Waals surface area contributed by atoms with E-state index in [9.17, 15) is 14.7 Å². The molecule has 1 saturated heterocycles. The number of rotatable bonds is 4. The van der Waals surface area contributed by atoms with Crippen molar-refractivity contribution in [3.8, 4) is 5.75 Å². The van der Waals surface area contributed by atoms with Crippen LogP contribution in [0.3, 0.4) is 0 Å². The fraction of sp³-hybridized carbons (Fsp3) is 0.167. The van der Waals surface area contributed by atoms with Crippen LogP contribution in [0.2, 0.25) is 0 Å². The molecule has 2 atom stereocenters. The smallest absolute Gasteiger partial charge is 0.253 e. The van der Waals surface area contributed by atoms with Crippen molar-refractivity contribution < 1.29 is 14.7 Å². The maximum atomic E-state index is 12.4. The summed E-state index contributed by atoms with van der Waals surface area (Å²) in [4.78, 5) is 24.4. The minimum atomic E-state index is -0.811. The van der Waals surface area contributed by atoms with Gasteiger partial charge in [0, 0.05) is 12.5 Å². The molecule has 0 spiro atoms. The molecule has 0 aromatic heterocycles. The van der Waals surface area contributed by atoms with Crippen molar-refractivity contribution in [2.75, 3.05) is 6.54 Å². The fourth-order valence-corrected chi connectivity index (χ4v) is 2.78. The molecule has 6 heteroatoms. The highest BCUT2D eigenvalue weighted by Gasteiger charge is 2.40. The Kier molecular flexibility index (Phi) is 4.56. The lowest BCUT2D eigenvalue weighted by molar-refractivity contribution is -0.133. The predicted octanol–water partition coefficient (Wildman–Crippen LogP) is 1.37. The maximum absolute atomic E-state index is 12.4. The molecular weight excluding hydrogens is 306 g/mol. The monoisotopic (exact) mass is 323 g/mol. The first kappa shape index (κ1) is 15.7. The van der Waals surface area contributed by atoms with Crippen molar-refractivity contribution >= 4 is 18.0 Å². The lowest BCUT2D eigenvalue weighted by Gasteiger charge is -2.15. The Morgan fingerprint density at radius 3 is 2.75 bits per heavy atom. The Hall–Kier alpha value is -3.15. The first-order valence-corrected chi connectivity index (χ1v) is 7.60. The van der Waals surface area contributed by atoms with E-state index >= 15 is 0 Å². The van der Waals surface area contributed by atoms with Crippen LogP contribution in [0.15, 0.2) is 59.7 Å². The molecule has 0 unspecified atom stereocenters. The lowest BCUT2D eigenvalue weighted by atomic mass is 9.88. The third-order valence-corrected chi connectivity index (χ3v) is 3.95. The molecule has 3 N–H and O–H groups in total. The van der Waals surface area contributed by atoms with Gasteiger partial charge in [-0.2, -0.15) is 5.10 Å². The average Bonchev–Trinajstić information content (AvgIpc) is 2.97. The predicted molar refractivity (Wildman–Crippen MR) is 89.5 cm³/mol. The highest BCUT2D eigenvalue weighted by atomic mass is 16.3. The number of benzene rings is 2. The zero-order chi connectivity index (χ0) is 16.9. The van der Waals surface area contributed by atoms with Gasteiger partial charge in [0.25, 0.3) is 5.91 Å². The summed E-state index contributed by atoms with van der Waals surface area (Å²) in [6.45, 7) is 0.428. The number of hydrazone groups is 1. The molecule has 1 fully saturated rings. The van der Waals surface area contributed by atoms with Gasteiger partial charge in [-0.15, -0.1) is 0 Å². The molecule has 2 amide bonds. The molecule has 1 aliphatic heterocycles. The quantitative estimate of drug-likeness (QED) is 0.451. The van der Waals surface area contributed by atoms with Crippen LogP contribution in [0.1, 0.15) is 17.0 Å². The molecule has 1 aliphatic rings. The number of hydrogen-bond donors (Lipinski definition) is 3. The van der Waals surface area contributed by atoms with Gasteiger partial charge in [-0.25, -0.2) is 5.43 Å². The number of nitrogens with one attached hydrogen (secondary N) is 2. The molecule has 0 bridgehead atoms. The van der Waals surface area contributed by atoms with Gasteiger partial charge in [0.15, 0.2) is 0 Å². The fourth-order valence-electron chi connectivity index (χ4n) is 2.78. The summed E-state index contributed by atoms with van der Waals surface area (Å²) in [7, 11) is 0. The van der Waals surface area contributed by atoms with E-state index in [4.69, 9.17) is 0 Å². The molecule has 122 valence electrons. The molecule has 0 saturated carbocycles. The van der Waals surface area contributed by atoms with Crippen LogP contribution >= 0.6 is 0 Å². The summed E-state index contributed by atoms with van der Waals surface area (Å²) in [5.74, 6) is -1.66. The highest BCUT2D eigenvalue weighted by molar-refractivity contribution is 6.03. The number of phenolic OH excluding ortho intramolecular Hbond substituents is 1. The van der Waals surface area contributed by atoms with Crippen LogP contribution in [-0.4, -0.2) is 29.7 Å². The van der Waals surface area contributed by atoms with E-state index in [1.807, 2.05) is 30.3 Å². The summed E-state index contributed by atoms with van der Waals surface area (Å²) in [6.07, 6.45) is 1.42. The largest absolute Gasteiger partial charge is 0.508 e. The minimum Gasteiger partial charge on any atom is -0.508 e. The molecule has 6 nitrogen and oxygen atoms in total. The second-order valence-electron chi connectivity index (χ2n) is 5.57. The molecule has 2 aromatic rings. The molecule has 2 aromatic carbocycles. The molecule has 3 rings (SSSR count). The summed E-state index contributed by atoms with van der Waals surface area (Å²) in [5, 5.41) is 16.0. The number of amides is 2. The summed E-state index contributed by atoms with van der Waals surface area (Å²) >= 11 is 0. The third-order valence-electron chi connectivity index (χ3n) is 3.95. The SMILES string of the molecule is O=C1NC[C@H](c2ccccc2)[C@H]1C(=O)N/N=C/c1cccc(O)c1. The van der Waals surface area contributed by atoms with E-state index in [0.717, 1.165) is 5.56 Å². The second-order valence-corrected chi connectivity index (χ2v) is 5.57. The van der Waals surface area contributed by atoms with Crippen LogP contribution in [0.4, 0.5) is 0 Å². The number of nitrogens with zero attached hydrogens (tertiary/aromatic N) is 1. The van der Waals surface area contributed by atoms with E-state index in [2.05, 4.69) is 15.8 Å². The van der Waals surface area contributed by atoms with Crippen LogP contribution in [-0.2, 0) is 9.59 Å². The van der Waals surface area contributed by atoms with Crippen LogP contribution in [0.25, 0.3) is 0 Å². The zero-order valence-electron chi connectivity index (χ0n) is 12.8. The van der Waals surface area contributed by atoms with Gasteiger partial charge >= 0.3 is 0 Å². The summed E-state index contributed by atoms with van der Waals surface area (Å²) < 4.78 is 0. The number of phenols is 1. The minimum absolute atomic E-state index is 0.115. The Morgan fingerprint density at radius 2 is 2.00 bits per heavy atom. The Labute approximate surface area is 139 Å². The van der Waals surface area contributed by atoms with Crippen molar-refractivity contribution in [1.82, 2.24) is 10.7 Å². The standard InChI is InChI=1S/C18H17N3O3/c22-14-8-4-5-12(9-14)10-20-21-18(24)16-15(11-19-17(16)23)13-6-2-1-3-7-13/h1-10,15-16,22H,11H2,(H,19,23)(H,21,24)/b20-10+/t15-,16-/m1/s1. The Morgan fingerprint density at radius 1 is 1.21 bits per heavy atom. The van der Waals surface area contributed by atoms with Gasteiger partial charge in [-0.3, -0.25) is 9.59 Å². The summed E-state index contributed by atoms with van der Waals surface area (Å²) in [5.41, 5.74) is 3.99. The Bertz CT molecular complexity index is 774. The van der Waals surface area contributed by atoms with E-state index in [-0.39, 0.29) is 17.6 Å². The number of aromatic hydroxyl groups is 1. The molecule has 0 aliphatic carbocycles. The highest BCUT2D eigenvalue weighted by Crippen LogP contribution is 2.28. The van der Waals surface area contributed by atoms with Crippen molar-refractivity contribution in [2.24, 2.45) is 11.0 Å². The number of carbonyl (C=O) groups excluding carboxylic acids is 2. The van der Waals surface area contributed by atoms with Gasteiger partial charge in [-0.1, -0.05) is 42.5 Å². The van der Waals surface area contributed by atoms with E-state index in [0.29, 0.717) is 12.1 Å². The van der Waals surface area contributed by atoms with Crippen LogP contribution in [0.5, 0.6) is 5.75 Å². The van der Waals surface area contributed by atoms with Gasteiger partial charge in [0.05, 0.1) is 6.21 Å². The summed E-state index contributed by atoms with van der Waals surface area (Å²) in [6, 6.07) is 15.9. The zero-order valence-corrected chi connectivity index (χ0v) is 12.8. The Balaban J connectivity index is 1.70. The van der Waals surface area contributed by atoms with Crippen molar-refractivity contribution in [2.45, 2.75) is 5.92 Å². The van der Waals surface area contributed by atoms with E-state index < -0.39 is 11.8 Å². The maximum Gasteiger partial charge on any atom is 0.253 e. The third kappa shape index (κ3) is 3.43. The molecule has 24 heavy (non-hydrogen) atoms. The lowest BCUT2D eigenvalue weighted by Crippen LogP contribution is -2.34. The van der Waals surface area contributed by atoms with E-state index in [1.54, 1.807) is 18.2 Å². The first-order valence-electron chi connectivity index (χ1n) is 7.60. The molecule has 1 heterocycles. The van der Waals surface area contributed by atoms with Crippen molar-refractivity contribution in [3.63, 3.8) is 0 Å². The normalized spacial score (nSPS) is 20.1. The molecular formula is C18H17N3O3. The van der Waals surface area contributed by atoms with Crippen LogP contribution in [0, 0.1) is 5.92 Å². The van der Waals surface area contributed by atoms with E-state index in [1.165, 1.54) is 12.3 Å². The average molecular weight is 323 g/mol.